The van der Waals surface area contributed by atoms with Crippen LogP contribution < -0.4 is 14.5 Å². The first kappa shape index (κ1) is 26.9. The Morgan fingerprint density at radius 3 is 2.37 bits per heavy atom. The van der Waals surface area contributed by atoms with Crippen LogP contribution in [0, 0.1) is 5.82 Å². The molecule has 2 amide bonds. The van der Waals surface area contributed by atoms with Crippen molar-refractivity contribution in [1.29, 1.82) is 0 Å². The standard InChI is InChI=1S/C30H31FN4O6/c1-5-40-27(37)24-23-25(35(32-24)22-11-10-20(39-4)16-21(22)31)26(36)34(17-30(23)12-13-30)19-8-6-18(7-9-19)33-14-15-41-29(2,3)28(33)38/h6-11,16H,5,12-15,17H2,1-4H3. The van der Waals surface area contributed by atoms with Crippen LogP contribution in [-0.2, 0) is 19.7 Å². The van der Waals surface area contributed by atoms with Gasteiger partial charge in [0.15, 0.2) is 11.5 Å². The molecule has 6 rings (SSSR count). The predicted octanol–water partition coefficient (Wildman–Crippen LogP) is 4.03. The van der Waals surface area contributed by atoms with Crippen LogP contribution in [0.15, 0.2) is 42.5 Å². The van der Waals surface area contributed by atoms with Crippen molar-refractivity contribution in [2.75, 3.05) is 43.2 Å². The monoisotopic (exact) mass is 562 g/mol. The number of anilines is 2. The first-order chi connectivity index (χ1) is 19.6. The summed E-state index contributed by atoms with van der Waals surface area (Å²) in [5.41, 5.74) is 0.599. The molecule has 3 aromatic rings. The molecule has 0 radical (unpaired) electrons. The van der Waals surface area contributed by atoms with E-state index in [1.165, 1.54) is 23.9 Å². The van der Waals surface area contributed by atoms with Gasteiger partial charge in [0.05, 0.1) is 20.3 Å². The highest BCUT2D eigenvalue weighted by atomic mass is 19.1. The Bertz CT molecular complexity index is 1560. The Morgan fingerprint density at radius 1 is 1.07 bits per heavy atom. The van der Waals surface area contributed by atoms with E-state index in [2.05, 4.69) is 5.10 Å². The molecule has 1 spiro atoms. The van der Waals surface area contributed by atoms with Crippen molar-refractivity contribution in [2.45, 2.75) is 44.6 Å². The maximum Gasteiger partial charge on any atom is 0.359 e. The molecule has 0 N–H and O–H groups in total. The van der Waals surface area contributed by atoms with E-state index in [0.717, 1.165) is 12.8 Å². The number of carbonyl (C=O) groups is 3. The van der Waals surface area contributed by atoms with E-state index in [1.807, 2.05) is 12.1 Å². The second-order valence-electron chi connectivity index (χ2n) is 11.0. The van der Waals surface area contributed by atoms with Crippen molar-refractivity contribution in [3.8, 4) is 11.4 Å². The second-order valence-corrected chi connectivity index (χ2v) is 11.0. The van der Waals surface area contributed by atoms with E-state index in [0.29, 0.717) is 42.4 Å². The molecular formula is C30H31FN4O6. The van der Waals surface area contributed by atoms with Crippen LogP contribution in [0.2, 0.25) is 0 Å². The van der Waals surface area contributed by atoms with Crippen molar-refractivity contribution in [2.24, 2.45) is 0 Å². The molecule has 0 unspecified atom stereocenters. The number of benzene rings is 2. The number of halogens is 1. The Balaban J connectivity index is 1.42. The van der Waals surface area contributed by atoms with Crippen LogP contribution in [0.25, 0.3) is 5.69 Å². The molecule has 3 aliphatic rings. The highest BCUT2D eigenvalue weighted by Crippen LogP contribution is 2.54. The van der Waals surface area contributed by atoms with Gasteiger partial charge in [0, 0.05) is 41.5 Å². The number of rotatable bonds is 6. The number of methoxy groups -OCH3 is 1. The van der Waals surface area contributed by atoms with E-state index >= 15 is 4.39 Å². The Hall–Kier alpha value is -4.25. The molecule has 1 saturated carbocycles. The van der Waals surface area contributed by atoms with Gasteiger partial charge in [0.2, 0.25) is 0 Å². The number of nitrogens with zero attached hydrogens (tertiary/aromatic N) is 4. The van der Waals surface area contributed by atoms with Gasteiger partial charge in [-0.05, 0) is 70.0 Å². The topological polar surface area (TPSA) is 103 Å². The minimum absolute atomic E-state index is 0.0207. The molecule has 41 heavy (non-hydrogen) atoms. The second kappa shape index (κ2) is 9.69. The number of morpholine rings is 1. The van der Waals surface area contributed by atoms with Gasteiger partial charge in [-0.1, -0.05) is 0 Å². The number of amides is 2. The molecule has 11 heteroatoms. The predicted molar refractivity (Wildman–Crippen MR) is 147 cm³/mol. The van der Waals surface area contributed by atoms with Gasteiger partial charge in [-0.15, -0.1) is 0 Å². The van der Waals surface area contributed by atoms with Gasteiger partial charge < -0.3 is 24.0 Å². The Kier molecular flexibility index (Phi) is 6.37. The van der Waals surface area contributed by atoms with Crippen LogP contribution >= 0.6 is 0 Å². The molecule has 3 heterocycles. The summed E-state index contributed by atoms with van der Waals surface area (Å²) in [7, 11) is 1.43. The minimum Gasteiger partial charge on any atom is -0.497 e. The van der Waals surface area contributed by atoms with Crippen LogP contribution in [0.4, 0.5) is 15.8 Å². The number of carbonyl (C=O) groups excluding carboxylic acids is 3. The lowest BCUT2D eigenvalue weighted by atomic mass is 9.88. The summed E-state index contributed by atoms with van der Waals surface area (Å²) in [5, 5.41) is 4.47. The smallest absolute Gasteiger partial charge is 0.359 e. The fourth-order valence-electron chi connectivity index (χ4n) is 5.71. The highest BCUT2D eigenvalue weighted by molar-refractivity contribution is 6.10. The molecule has 2 aromatic carbocycles. The number of fused-ring (bicyclic) bond motifs is 2. The summed E-state index contributed by atoms with van der Waals surface area (Å²) >= 11 is 0. The molecule has 0 atom stereocenters. The summed E-state index contributed by atoms with van der Waals surface area (Å²) in [6, 6.07) is 11.5. The normalized spacial score (nSPS) is 18.9. The average Bonchev–Trinajstić information content (AvgIpc) is 3.61. The molecule has 2 aliphatic heterocycles. The molecule has 214 valence electrons. The van der Waals surface area contributed by atoms with E-state index in [4.69, 9.17) is 14.2 Å². The van der Waals surface area contributed by atoms with Gasteiger partial charge in [-0.3, -0.25) is 9.59 Å². The third kappa shape index (κ3) is 4.35. The molecular weight excluding hydrogens is 531 g/mol. The summed E-state index contributed by atoms with van der Waals surface area (Å²) in [5.74, 6) is -1.53. The summed E-state index contributed by atoms with van der Waals surface area (Å²) in [6.45, 7) is 6.51. The third-order valence-electron chi connectivity index (χ3n) is 8.04. The van der Waals surface area contributed by atoms with Crippen molar-refractivity contribution in [1.82, 2.24) is 9.78 Å². The zero-order valence-electron chi connectivity index (χ0n) is 23.4. The molecule has 10 nitrogen and oxygen atoms in total. The lowest BCUT2D eigenvalue weighted by Gasteiger charge is -2.37. The fraction of sp³-hybridized carbons (Fsp3) is 0.400. The van der Waals surface area contributed by atoms with Crippen LogP contribution in [0.3, 0.4) is 0 Å². The van der Waals surface area contributed by atoms with Crippen molar-refractivity contribution in [3.63, 3.8) is 0 Å². The Labute approximate surface area is 236 Å². The lowest BCUT2D eigenvalue weighted by molar-refractivity contribution is -0.144. The van der Waals surface area contributed by atoms with E-state index in [-0.39, 0.29) is 29.6 Å². The van der Waals surface area contributed by atoms with Gasteiger partial charge in [0.1, 0.15) is 22.7 Å². The first-order valence-electron chi connectivity index (χ1n) is 13.6. The summed E-state index contributed by atoms with van der Waals surface area (Å²) in [4.78, 5) is 43.4. The fourth-order valence-corrected chi connectivity index (χ4v) is 5.71. The molecule has 0 bridgehead atoms. The number of ether oxygens (including phenoxy) is 3. The van der Waals surface area contributed by atoms with Crippen molar-refractivity contribution < 1.29 is 33.0 Å². The van der Waals surface area contributed by atoms with E-state index in [9.17, 15) is 14.4 Å². The quantitative estimate of drug-likeness (QED) is 0.418. The van der Waals surface area contributed by atoms with Gasteiger partial charge in [0.25, 0.3) is 11.8 Å². The van der Waals surface area contributed by atoms with Gasteiger partial charge in [-0.2, -0.15) is 5.10 Å². The maximum absolute atomic E-state index is 15.3. The minimum atomic E-state index is -0.916. The third-order valence-corrected chi connectivity index (χ3v) is 8.04. The van der Waals surface area contributed by atoms with Gasteiger partial charge >= 0.3 is 5.97 Å². The summed E-state index contributed by atoms with van der Waals surface area (Å²) in [6.07, 6.45) is 1.48. The average molecular weight is 563 g/mol. The van der Waals surface area contributed by atoms with E-state index < -0.39 is 28.7 Å². The summed E-state index contributed by atoms with van der Waals surface area (Å²) < 4.78 is 32.5. The SMILES string of the molecule is CCOC(=O)c1nn(-c2ccc(OC)cc2F)c2c1C1(CC1)CN(c1ccc(N3CCOC(C)(C)C3=O)cc1)C2=O. The molecule has 1 aromatic heterocycles. The molecule has 1 saturated heterocycles. The van der Waals surface area contributed by atoms with Crippen LogP contribution in [0.5, 0.6) is 5.75 Å². The van der Waals surface area contributed by atoms with Crippen LogP contribution in [0.1, 0.15) is 60.2 Å². The first-order valence-corrected chi connectivity index (χ1v) is 13.6. The Morgan fingerprint density at radius 2 is 1.76 bits per heavy atom. The van der Waals surface area contributed by atoms with E-state index in [1.54, 1.807) is 48.8 Å². The van der Waals surface area contributed by atoms with Crippen LogP contribution in [-0.4, -0.2) is 66.6 Å². The highest BCUT2D eigenvalue weighted by Gasteiger charge is 2.56. The largest absolute Gasteiger partial charge is 0.497 e. The zero-order valence-corrected chi connectivity index (χ0v) is 23.4. The molecule has 2 fully saturated rings. The lowest BCUT2D eigenvalue weighted by Crippen LogP contribution is -2.53. The van der Waals surface area contributed by atoms with Crippen molar-refractivity contribution >= 4 is 29.2 Å². The number of esters is 1. The number of aromatic nitrogens is 2. The van der Waals surface area contributed by atoms with Gasteiger partial charge in [-0.25, -0.2) is 13.9 Å². The zero-order chi connectivity index (χ0) is 29.1. The number of hydrogen-bond donors (Lipinski definition) is 0. The molecule has 1 aliphatic carbocycles. The maximum atomic E-state index is 15.3. The number of hydrogen-bond acceptors (Lipinski definition) is 7. The van der Waals surface area contributed by atoms with Crippen molar-refractivity contribution in [3.05, 3.63) is 65.2 Å².